The predicted molar refractivity (Wildman–Crippen MR) is 169 cm³/mol. The number of halogens is 2. The molecule has 0 aliphatic carbocycles. The van der Waals surface area contributed by atoms with E-state index in [4.69, 9.17) is 16.6 Å². The Morgan fingerprint density at radius 3 is 2.62 bits per heavy atom. The molecule has 1 N–H and O–H groups in total. The van der Waals surface area contributed by atoms with Crippen molar-refractivity contribution in [3.8, 4) is 0 Å². The summed E-state index contributed by atoms with van der Waals surface area (Å²) in [5.74, 6) is 0.0446. The second-order valence-corrected chi connectivity index (χ2v) is 12.3. The van der Waals surface area contributed by atoms with Crippen molar-refractivity contribution >= 4 is 90.0 Å². The fraction of sp³-hybridized carbons (Fsp3) is 0.0690. The van der Waals surface area contributed by atoms with Gasteiger partial charge >= 0.3 is 0 Å². The minimum Gasteiger partial charge on any atom is -0.337 e. The number of para-hydroxylation sites is 1. The first-order valence-corrected chi connectivity index (χ1v) is 15.0. The Morgan fingerprint density at radius 1 is 1.07 bits per heavy atom. The molecule has 200 valence electrons. The van der Waals surface area contributed by atoms with E-state index < -0.39 is 0 Å². The zero-order chi connectivity index (χ0) is 28.0. The van der Waals surface area contributed by atoms with Crippen LogP contribution in [0.5, 0.6) is 0 Å². The number of amides is 1. The third-order valence-electron chi connectivity index (χ3n) is 6.33. The van der Waals surface area contributed by atoms with E-state index in [2.05, 4.69) is 27.9 Å². The van der Waals surface area contributed by atoms with E-state index in [1.807, 2.05) is 84.7 Å². The lowest BCUT2D eigenvalue weighted by molar-refractivity contribution is -0.113. The summed E-state index contributed by atoms with van der Waals surface area (Å²) in [6.07, 6.45) is 1.65. The van der Waals surface area contributed by atoms with Gasteiger partial charge in [0.25, 0.3) is 11.5 Å². The van der Waals surface area contributed by atoms with Crippen molar-refractivity contribution in [1.82, 2.24) is 9.99 Å². The number of carbonyl (C=O) groups is 1. The molecule has 0 unspecified atom stereocenters. The molecule has 40 heavy (non-hydrogen) atoms. The third-order valence-corrected chi connectivity index (χ3v) is 9.62. The highest BCUT2D eigenvalue weighted by atomic mass is 79.9. The number of carbonyl (C=O) groups excluding carboxylic acids is 1. The number of nitrogens with zero attached hydrogens (tertiary/aromatic N) is 4. The van der Waals surface area contributed by atoms with Gasteiger partial charge in [0.1, 0.15) is 19.8 Å². The second kappa shape index (κ2) is 10.8. The lowest BCUT2D eigenvalue weighted by Gasteiger charge is -2.14. The van der Waals surface area contributed by atoms with Gasteiger partial charge in [-0.15, -0.1) is 17.9 Å². The Morgan fingerprint density at radius 2 is 1.88 bits per heavy atom. The standard InChI is InChI=1S/C29H21BrClN5O2S2/c1-3-14-35-27(38)24(29-34(2)21-16-18(31)12-13-22(21)39-29)40-28(35)23-25(32-19-9-7-8-17(30)15-19)33-36(26(23)37)20-10-5-4-6-11-20/h3-13,15-16H,1,14H2,2H3,(H,32,33)/b28-23+,29-24-. The van der Waals surface area contributed by atoms with Crippen molar-refractivity contribution in [2.24, 2.45) is 4.99 Å². The molecular formula is C29H21BrClN5O2S2. The Kier molecular flexibility index (Phi) is 7.18. The minimum atomic E-state index is -0.307. The van der Waals surface area contributed by atoms with E-state index >= 15 is 0 Å². The van der Waals surface area contributed by atoms with Crippen LogP contribution in [0.15, 0.2) is 105 Å². The van der Waals surface area contributed by atoms with Crippen molar-refractivity contribution in [2.45, 2.75) is 11.4 Å². The van der Waals surface area contributed by atoms with Crippen LogP contribution in [0.3, 0.4) is 0 Å². The maximum Gasteiger partial charge on any atom is 0.283 e. The lowest BCUT2D eigenvalue weighted by Crippen LogP contribution is -2.36. The Bertz CT molecular complexity index is 1900. The first-order valence-electron chi connectivity index (χ1n) is 12.2. The molecule has 0 radical (unpaired) electrons. The molecule has 0 bridgehead atoms. The zero-order valence-corrected chi connectivity index (χ0v) is 25.1. The number of thioether (sulfide) groups is 1. The number of aliphatic imine (C=N–C) groups is 1. The van der Waals surface area contributed by atoms with E-state index in [1.165, 1.54) is 28.1 Å². The molecule has 2 aliphatic rings. The second-order valence-electron chi connectivity index (χ2n) is 8.92. The SMILES string of the molecule is C=CCn1c(=O)/c(=C2/Sc3ccc(Cl)cc3N2C)s/c1=C1/C(=O)N(c2ccccc2)NC1=Nc1cccc(Br)c1. The maximum atomic E-state index is 14.0. The van der Waals surface area contributed by atoms with E-state index in [-0.39, 0.29) is 18.0 Å². The number of amidine groups is 1. The fourth-order valence-electron chi connectivity index (χ4n) is 4.48. The van der Waals surface area contributed by atoms with Gasteiger partial charge in [0.15, 0.2) is 5.84 Å². The van der Waals surface area contributed by atoms with Crippen LogP contribution < -0.4 is 30.1 Å². The number of rotatable bonds is 4. The number of thiazole rings is 1. The van der Waals surface area contributed by atoms with Crippen molar-refractivity contribution in [3.05, 3.63) is 114 Å². The molecule has 4 aromatic rings. The molecule has 3 heterocycles. The molecule has 1 fully saturated rings. The monoisotopic (exact) mass is 649 g/mol. The van der Waals surface area contributed by atoms with Gasteiger partial charge < -0.3 is 4.90 Å². The number of aromatic nitrogens is 1. The van der Waals surface area contributed by atoms with Crippen molar-refractivity contribution < 1.29 is 4.79 Å². The molecule has 0 atom stereocenters. The van der Waals surface area contributed by atoms with Gasteiger partial charge in [-0.1, -0.05) is 69.6 Å². The van der Waals surface area contributed by atoms with Crippen LogP contribution in [0.2, 0.25) is 5.02 Å². The lowest BCUT2D eigenvalue weighted by atomic mass is 10.2. The summed E-state index contributed by atoms with van der Waals surface area (Å²) in [7, 11) is 1.91. The molecule has 1 aromatic heterocycles. The van der Waals surface area contributed by atoms with Crippen molar-refractivity contribution in [3.63, 3.8) is 0 Å². The van der Waals surface area contributed by atoms with E-state index in [9.17, 15) is 9.59 Å². The first-order chi connectivity index (χ1) is 19.4. The van der Waals surface area contributed by atoms with Crippen LogP contribution in [-0.4, -0.2) is 23.4 Å². The molecule has 3 aromatic carbocycles. The van der Waals surface area contributed by atoms with Crippen molar-refractivity contribution in [2.75, 3.05) is 17.0 Å². The normalized spacial score (nSPS) is 18.4. The van der Waals surface area contributed by atoms with Gasteiger partial charge in [0.2, 0.25) is 0 Å². The third kappa shape index (κ3) is 4.71. The van der Waals surface area contributed by atoms with Gasteiger partial charge in [0, 0.05) is 28.0 Å². The summed E-state index contributed by atoms with van der Waals surface area (Å²) < 4.78 is 3.47. The molecule has 1 saturated heterocycles. The summed E-state index contributed by atoms with van der Waals surface area (Å²) >= 11 is 12.5. The van der Waals surface area contributed by atoms with Crippen LogP contribution in [0.1, 0.15) is 0 Å². The van der Waals surface area contributed by atoms with E-state index in [1.54, 1.807) is 10.6 Å². The first kappa shape index (κ1) is 26.6. The topological polar surface area (TPSA) is 69.9 Å². The highest BCUT2D eigenvalue weighted by Crippen LogP contribution is 2.46. The predicted octanol–water partition coefficient (Wildman–Crippen LogP) is 5.25. The number of hydrogen-bond donors (Lipinski definition) is 1. The number of fused-ring (bicyclic) bond motifs is 1. The van der Waals surface area contributed by atoms with Gasteiger partial charge in [-0.25, -0.2) is 10.0 Å². The molecule has 6 rings (SSSR count). The van der Waals surface area contributed by atoms with Crippen LogP contribution in [0.4, 0.5) is 17.1 Å². The number of hydrazine groups is 1. The fourth-order valence-corrected chi connectivity index (χ4v) is 7.51. The molecule has 2 aliphatic heterocycles. The molecule has 11 heteroatoms. The molecular weight excluding hydrogens is 630 g/mol. The molecule has 0 saturated carbocycles. The highest BCUT2D eigenvalue weighted by molar-refractivity contribution is 9.10. The van der Waals surface area contributed by atoms with Gasteiger partial charge in [-0.2, -0.15) is 0 Å². The number of nitrogens with one attached hydrogen (secondary N) is 1. The van der Waals surface area contributed by atoms with Gasteiger partial charge in [-0.05, 0) is 48.5 Å². The average Bonchev–Trinajstić information content (AvgIpc) is 3.55. The van der Waals surface area contributed by atoms with Gasteiger partial charge in [-0.3, -0.25) is 19.6 Å². The number of anilines is 2. The van der Waals surface area contributed by atoms with Crippen molar-refractivity contribution in [1.29, 1.82) is 0 Å². The van der Waals surface area contributed by atoms with E-state index in [0.29, 0.717) is 37.0 Å². The van der Waals surface area contributed by atoms with Crippen LogP contribution in [-0.2, 0) is 11.3 Å². The Balaban J connectivity index is 1.63. The maximum absolute atomic E-state index is 14.0. The molecule has 7 nitrogen and oxygen atoms in total. The molecule has 0 spiro atoms. The average molecular weight is 651 g/mol. The molecule has 1 amide bonds. The van der Waals surface area contributed by atoms with Gasteiger partial charge in [0.05, 0.1) is 17.1 Å². The van der Waals surface area contributed by atoms with E-state index in [0.717, 1.165) is 20.1 Å². The number of benzene rings is 3. The van der Waals surface area contributed by atoms with Crippen LogP contribution in [0.25, 0.3) is 10.6 Å². The summed E-state index contributed by atoms with van der Waals surface area (Å²) in [5.41, 5.74) is 5.53. The largest absolute Gasteiger partial charge is 0.337 e. The highest BCUT2D eigenvalue weighted by Gasteiger charge is 2.36. The summed E-state index contributed by atoms with van der Waals surface area (Å²) in [6.45, 7) is 4.09. The summed E-state index contributed by atoms with van der Waals surface area (Å²) in [6, 6.07) is 22.4. The number of allylic oxidation sites excluding steroid dienone is 1. The zero-order valence-electron chi connectivity index (χ0n) is 21.1. The Labute approximate surface area is 251 Å². The van der Waals surface area contributed by atoms with Crippen LogP contribution >= 0.6 is 50.6 Å². The van der Waals surface area contributed by atoms with Crippen LogP contribution in [0, 0.1) is 0 Å². The summed E-state index contributed by atoms with van der Waals surface area (Å²) in [5, 5.41) is 2.85. The quantitative estimate of drug-likeness (QED) is 0.306. The minimum absolute atomic E-state index is 0.201. The number of hydrogen-bond acceptors (Lipinski definition) is 6. The summed E-state index contributed by atoms with van der Waals surface area (Å²) in [4.78, 5) is 35.7. The smallest absolute Gasteiger partial charge is 0.283 e. The Hall–Kier alpha value is -3.57.